The molecular formula is C20H21FN2O2. The summed E-state index contributed by atoms with van der Waals surface area (Å²) in [7, 11) is 5.13. The largest absolute Gasteiger partial charge is 0.494 e. The lowest BCUT2D eigenvalue weighted by molar-refractivity contribution is -0.129. The molecule has 0 saturated carbocycles. The quantitative estimate of drug-likeness (QED) is 0.712. The highest BCUT2D eigenvalue weighted by Gasteiger charge is 2.15. The van der Waals surface area contributed by atoms with Crippen LogP contribution in [0.2, 0.25) is 0 Å². The van der Waals surface area contributed by atoms with Gasteiger partial charge in [0, 0.05) is 37.7 Å². The zero-order valence-corrected chi connectivity index (χ0v) is 14.6. The van der Waals surface area contributed by atoms with Crippen LogP contribution in [0.25, 0.3) is 10.9 Å². The van der Waals surface area contributed by atoms with E-state index in [4.69, 9.17) is 4.74 Å². The summed E-state index contributed by atoms with van der Waals surface area (Å²) in [6.07, 6.45) is 2.31. The number of hydrogen-bond acceptors (Lipinski definition) is 2. The number of carbonyl (C=O) groups is 1. The van der Waals surface area contributed by atoms with Gasteiger partial charge in [0.2, 0.25) is 5.91 Å². The smallest absolute Gasteiger partial charge is 0.227 e. The molecule has 0 saturated heterocycles. The normalized spacial score (nSPS) is 10.9. The molecule has 1 amide bonds. The van der Waals surface area contributed by atoms with Crippen LogP contribution in [-0.4, -0.2) is 29.5 Å². The Morgan fingerprint density at radius 2 is 2.00 bits per heavy atom. The first-order valence-electron chi connectivity index (χ1n) is 8.09. The van der Waals surface area contributed by atoms with Crippen LogP contribution in [0.15, 0.2) is 48.7 Å². The number of methoxy groups -OCH3 is 1. The summed E-state index contributed by atoms with van der Waals surface area (Å²) >= 11 is 0. The highest BCUT2D eigenvalue weighted by atomic mass is 19.1. The molecule has 0 unspecified atom stereocenters. The second-order valence-corrected chi connectivity index (χ2v) is 6.18. The molecular weight excluding hydrogens is 319 g/mol. The molecule has 0 aliphatic rings. The fourth-order valence-electron chi connectivity index (χ4n) is 3.03. The number of amides is 1. The summed E-state index contributed by atoms with van der Waals surface area (Å²) in [5.41, 5.74) is 2.83. The van der Waals surface area contributed by atoms with Crippen molar-refractivity contribution < 1.29 is 13.9 Å². The Labute approximate surface area is 146 Å². The number of nitrogens with zero attached hydrogens (tertiary/aromatic N) is 2. The molecule has 0 N–H and O–H groups in total. The molecule has 0 atom stereocenters. The van der Waals surface area contributed by atoms with Crippen molar-refractivity contribution in [2.75, 3.05) is 14.2 Å². The molecule has 3 rings (SSSR count). The third kappa shape index (κ3) is 3.50. The average molecular weight is 340 g/mol. The number of para-hydroxylation sites is 1. The molecule has 4 nitrogen and oxygen atoms in total. The van der Waals surface area contributed by atoms with E-state index >= 15 is 0 Å². The van der Waals surface area contributed by atoms with Crippen LogP contribution in [0.3, 0.4) is 0 Å². The summed E-state index contributed by atoms with van der Waals surface area (Å²) in [5, 5.41) is 1.09. The molecule has 2 aromatic carbocycles. The molecule has 5 heteroatoms. The van der Waals surface area contributed by atoms with Gasteiger partial charge in [0.15, 0.2) is 11.6 Å². The maximum absolute atomic E-state index is 13.8. The number of aryl methyl sites for hydroxylation is 1. The summed E-state index contributed by atoms with van der Waals surface area (Å²) in [5.74, 6) is -0.226. The van der Waals surface area contributed by atoms with Crippen molar-refractivity contribution in [3.63, 3.8) is 0 Å². The van der Waals surface area contributed by atoms with E-state index < -0.39 is 5.82 Å². The monoisotopic (exact) mass is 340 g/mol. The first-order valence-corrected chi connectivity index (χ1v) is 8.09. The minimum Gasteiger partial charge on any atom is -0.494 e. The van der Waals surface area contributed by atoms with Crippen LogP contribution >= 0.6 is 0 Å². The minimum atomic E-state index is -0.421. The lowest BCUT2D eigenvalue weighted by atomic mass is 10.1. The zero-order valence-electron chi connectivity index (χ0n) is 14.6. The maximum Gasteiger partial charge on any atom is 0.227 e. The fourth-order valence-corrected chi connectivity index (χ4v) is 3.03. The van der Waals surface area contributed by atoms with E-state index in [0.29, 0.717) is 13.0 Å². The van der Waals surface area contributed by atoms with Gasteiger partial charge in [-0.05, 0) is 29.3 Å². The standard InChI is InChI=1S/C20H21FN2O2/c1-22-13-15(16-6-4-5-7-18(16)22)11-20(24)23(2)12-14-8-9-19(25-3)17(21)10-14/h4-10,13H,11-12H2,1-3H3. The Morgan fingerprint density at radius 3 is 2.72 bits per heavy atom. The third-order valence-electron chi connectivity index (χ3n) is 4.38. The molecule has 1 heterocycles. The van der Waals surface area contributed by atoms with Gasteiger partial charge in [-0.15, -0.1) is 0 Å². The number of hydrogen-bond donors (Lipinski definition) is 0. The van der Waals surface area contributed by atoms with E-state index in [-0.39, 0.29) is 11.7 Å². The number of halogens is 1. The average Bonchev–Trinajstić information content (AvgIpc) is 2.91. The predicted octanol–water partition coefficient (Wildman–Crippen LogP) is 3.53. The van der Waals surface area contributed by atoms with Crippen molar-refractivity contribution in [2.24, 2.45) is 7.05 Å². The highest BCUT2D eigenvalue weighted by Crippen LogP contribution is 2.22. The van der Waals surface area contributed by atoms with E-state index in [0.717, 1.165) is 22.0 Å². The SMILES string of the molecule is COc1ccc(CN(C)C(=O)Cc2cn(C)c3ccccc23)cc1F. The topological polar surface area (TPSA) is 34.5 Å². The minimum absolute atomic E-state index is 0.00687. The molecule has 0 radical (unpaired) electrons. The van der Waals surface area contributed by atoms with Crippen molar-refractivity contribution >= 4 is 16.8 Å². The second kappa shape index (κ2) is 6.97. The Kier molecular flexibility index (Phi) is 4.74. The number of rotatable bonds is 5. The third-order valence-corrected chi connectivity index (χ3v) is 4.38. The van der Waals surface area contributed by atoms with E-state index in [1.54, 1.807) is 24.1 Å². The van der Waals surface area contributed by atoms with Crippen molar-refractivity contribution in [1.82, 2.24) is 9.47 Å². The van der Waals surface area contributed by atoms with Crippen molar-refractivity contribution in [2.45, 2.75) is 13.0 Å². The maximum atomic E-state index is 13.8. The van der Waals surface area contributed by atoms with Gasteiger partial charge >= 0.3 is 0 Å². The van der Waals surface area contributed by atoms with E-state index in [1.165, 1.54) is 13.2 Å². The van der Waals surface area contributed by atoms with Gasteiger partial charge in [-0.2, -0.15) is 0 Å². The lowest BCUT2D eigenvalue weighted by Crippen LogP contribution is -2.27. The van der Waals surface area contributed by atoms with Gasteiger partial charge in [-0.25, -0.2) is 4.39 Å². The van der Waals surface area contributed by atoms with Crippen LogP contribution in [0.5, 0.6) is 5.75 Å². The first kappa shape index (κ1) is 17.0. The van der Waals surface area contributed by atoms with Crippen LogP contribution in [0, 0.1) is 5.82 Å². The molecule has 0 spiro atoms. The molecule has 0 aliphatic heterocycles. The van der Waals surface area contributed by atoms with Gasteiger partial charge in [0.05, 0.1) is 13.5 Å². The Bertz CT molecular complexity index is 917. The number of aromatic nitrogens is 1. The molecule has 0 aliphatic carbocycles. The van der Waals surface area contributed by atoms with Gasteiger partial charge in [-0.3, -0.25) is 4.79 Å². The zero-order chi connectivity index (χ0) is 18.0. The molecule has 130 valence electrons. The second-order valence-electron chi connectivity index (χ2n) is 6.18. The number of fused-ring (bicyclic) bond motifs is 1. The van der Waals surface area contributed by atoms with Crippen LogP contribution < -0.4 is 4.74 Å². The van der Waals surface area contributed by atoms with Crippen LogP contribution in [0.4, 0.5) is 4.39 Å². The van der Waals surface area contributed by atoms with Gasteiger partial charge in [-0.1, -0.05) is 24.3 Å². The molecule has 25 heavy (non-hydrogen) atoms. The van der Waals surface area contributed by atoms with E-state index in [2.05, 4.69) is 0 Å². The Balaban J connectivity index is 1.73. The first-order chi connectivity index (χ1) is 12.0. The predicted molar refractivity (Wildman–Crippen MR) is 96.0 cm³/mol. The number of benzene rings is 2. The van der Waals surface area contributed by atoms with Crippen molar-refractivity contribution in [3.05, 3.63) is 65.6 Å². The Morgan fingerprint density at radius 1 is 1.24 bits per heavy atom. The molecule has 3 aromatic rings. The van der Waals surface area contributed by atoms with Gasteiger partial charge < -0.3 is 14.2 Å². The van der Waals surface area contributed by atoms with Crippen LogP contribution in [0.1, 0.15) is 11.1 Å². The number of carbonyl (C=O) groups excluding carboxylic acids is 1. The van der Waals surface area contributed by atoms with Crippen molar-refractivity contribution in [1.29, 1.82) is 0 Å². The van der Waals surface area contributed by atoms with Crippen LogP contribution in [-0.2, 0) is 24.8 Å². The summed E-state index contributed by atoms with van der Waals surface area (Å²) in [4.78, 5) is 14.2. The van der Waals surface area contributed by atoms with Gasteiger partial charge in [0.1, 0.15) is 0 Å². The summed E-state index contributed by atoms with van der Waals surface area (Å²) in [6, 6.07) is 12.8. The fraction of sp³-hybridized carbons (Fsp3) is 0.250. The van der Waals surface area contributed by atoms with Gasteiger partial charge in [0.25, 0.3) is 0 Å². The molecule has 0 fully saturated rings. The Hall–Kier alpha value is -2.82. The summed E-state index contributed by atoms with van der Waals surface area (Å²) in [6.45, 7) is 0.352. The summed E-state index contributed by atoms with van der Waals surface area (Å²) < 4.78 is 20.7. The molecule has 0 bridgehead atoms. The number of ether oxygens (including phenoxy) is 1. The van der Waals surface area contributed by atoms with Crippen molar-refractivity contribution in [3.8, 4) is 5.75 Å². The van der Waals surface area contributed by atoms with E-state index in [1.807, 2.05) is 42.1 Å². The molecule has 1 aromatic heterocycles. The lowest BCUT2D eigenvalue weighted by Gasteiger charge is -2.17. The highest BCUT2D eigenvalue weighted by molar-refractivity contribution is 5.89. The van der Waals surface area contributed by atoms with E-state index in [9.17, 15) is 9.18 Å². The number of likely N-dealkylation sites (N-methyl/N-ethyl adjacent to an activating group) is 1.